The first-order chi connectivity index (χ1) is 5.77. The molecule has 0 saturated heterocycles. The van der Waals surface area contributed by atoms with Gasteiger partial charge in [-0.15, -0.1) is 23.7 Å². The molecule has 0 radical (unpaired) electrons. The summed E-state index contributed by atoms with van der Waals surface area (Å²) in [6, 6.07) is 4.91. The lowest BCUT2D eigenvalue weighted by Crippen LogP contribution is -1.94. The van der Waals surface area contributed by atoms with Crippen molar-refractivity contribution < 1.29 is 9.90 Å². The standard InChI is InChI=1S/C8H5NO2S.ClH/c10-8(11)5-1-2-6-7(3-5)12-4-9-6;/h1-4H,(H,10,11);1H. The van der Waals surface area contributed by atoms with E-state index in [0.29, 0.717) is 5.56 Å². The van der Waals surface area contributed by atoms with Crippen LogP contribution in [0.2, 0.25) is 0 Å². The molecule has 0 spiro atoms. The molecule has 0 aliphatic rings. The molecular formula is C8H6ClNO2S. The van der Waals surface area contributed by atoms with E-state index in [9.17, 15) is 4.79 Å². The summed E-state index contributed by atoms with van der Waals surface area (Å²) >= 11 is 1.44. The van der Waals surface area contributed by atoms with Crippen LogP contribution in [0.4, 0.5) is 0 Å². The number of halogens is 1. The van der Waals surface area contributed by atoms with Crippen molar-refractivity contribution in [2.24, 2.45) is 0 Å². The van der Waals surface area contributed by atoms with E-state index in [-0.39, 0.29) is 12.4 Å². The zero-order valence-corrected chi connectivity index (χ0v) is 8.06. The van der Waals surface area contributed by atoms with E-state index >= 15 is 0 Å². The molecule has 13 heavy (non-hydrogen) atoms. The number of carboxylic acid groups (broad SMARTS) is 1. The number of fused-ring (bicyclic) bond motifs is 1. The molecule has 68 valence electrons. The van der Waals surface area contributed by atoms with E-state index in [0.717, 1.165) is 10.2 Å². The average molecular weight is 216 g/mol. The number of hydrogen-bond acceptors (Lipinski definition) is 3. The number of carboxylic acids is 1. The second-order valence-corrected chi connectivity index (χ2v) is 3.23. The Bertz CT molecular complexity index is 440. The Morgan fingerprint density at radius 3 is 2.92 bits per heavy atom. The van der Waals surface area contributed by atoms with Crippen LogP contribution < -0.4 is 0 Å². The fourth-order valence-electron chi connectivity index (χ4n) is 0.988. The Morgan fingerprint density at radius 1 is 1.46 bits per heavy atom. The number of carbonyl (C=O) groups is 1. The van der Waals surface area contributed by atoms with Gasteiger partial charge in [-0.1, -0.05) is 0 Å². The molecular weight excluding hydrogens is 210 g/mol. The van der Waals surface area contributed by atoms with Crippen molar-refractivity contribution in [3.8, 4) is 0 Å². The fourth-order valence-corrected chi connectivity index (χ4v) is 1.70. The molecule has 1 heterocycles. The molecule has 2 rings (SSSR count). The smallest absolute Gasteiger partial charge is 0.335 e. The van der Waals surface area contributed by atoms with Crippen molar-refractivity contribution >= 4 is 39.9 Å². The first-order valence-corrected chi connectivity index (χ1v) is 4.22. The van der Waals surface area contributed by atoms with Gasteiger partial charge in [-0.2, -0.15) is 0 Å². The maximum Gasteiger partial charge on any atom is 0.335 e. The molecule has 0 fully saturated rings. The van der Waals surface area contributed by atoms with Crippen LogP contribution in [0.1, 0.15) is 10.4 Å². The average Bonchev–Trinajstić information content (AvgIpc) is 2.49. The van der Waals surface area contributed by atoms with Crippen molar-refractivity contribution in [2.45, 2.75) is 0 Å². The van der Waals surface area contributed by atoms with Gasteiger partial charge in [-0.05, 0) is 18.2 Å². The minimum Gasteiger partial charge on any atom is -0.478 e. The molecule has 0 amide bonds. The van der Waals surface area contributed by atoms with Crippen LogP contribution in [0.3, 0.4) is 0 Å². The molecule has 1 aromatic carbocycles. The third kappa shape index (κ3) is 1.79. The van der Waals surface area contributed by atoms with Crippen LogP contribution in [0.5, 0.6) is 0 Å². The Labute approximate surface area is 84.4 Å². The maximum absolute atomic E-state index is 10.6. The van der Waals surface area contributed by atoms with Gasteiger partial charge in [0.2, 0.25) is 0 Å². The molecule has 0 bridgehead atoms. The lowest BCUT2D eigenvalue weighted by molar-refractivity contribution is 0.0697. The van der Waals surface area contributed by atoms with Crippen LogP contribution in [0.25, 0.3) is 10.2 Å². The summed E-state index contributed by atoms with van der Waals surface area (Å²) in [4.78, 5) is 14.6. The number of benzene rings is 1. The summed E-state index contributed by atoms with van der Waals surface area (Å²) in [5.41, 5.74) is 2.87. The van der Waals surface area contributed by atoms with Gasteiger partial charge in [0, 0.05) is 0 Å². The monoisotopic (exact) mass is 215 g/mol. The topological polar surface area (TPSA) is 50.2 Å². The predicted octanol–water partition coefficient (Wildman–Crippen LogP) is 2.42. The minimum absolute atomic E-state index is 0. The Balaban J connectivity index is 0.000000845. The van der Waals surface area contributed by atoms with Gasteiger partial charge >= 0.3 is 5.97 Å². The summed E-state index contributed by atoms with van der Waals surface area (Å²) in [7, 11) is 0. The Morgan fingerprint density at radius 2 is 2.23 bits per heavy atom. The van der Waals surface area contributed by atoms with Gasteiger partial charge in [0.1, 0.15) is 0 Å². The van der Waals surface area contributed by atoms with Gasteiger partial charge in [-0.25, -0.2) is 9.78 Å². The number of hydrogen-bond donors (Lipinski definition) is 1. The molecule has 5 heteroatoms. The summed E-state index contributed by atoms with van der Waals surface area (Å²) in [5.74, 6) is -0.898. The van der Waals surface area contributed by atoms with E-state index < -0.39 is 5.97 Å². The highest BCUT2D eigenvalue weighted by Crippen LogP contribution is 2.18. The first kappa shape index (κ1) is 9.95. The van der Waals surface area contributed by atoms with Gasteiger partial charge in [0.15, 0.2) is 0 Å². The molecule has 2 aromatic rings. The third-order valence-corrected chi connectivity index (χ3v) is 2.37. The van der Waals surface area contributed by atoms with Crippen molar-refractivity contribution in [2.75, 3.05) is 0 Å². The predicted molar refractivity (Wildman–Crippen MR) is 53.8 cm³/mol. The van der Waals surface area contributed by atoms with Crippen molar-refractivity contribution in [3.63, 3.8) is 0 Å². The van der Waals surface area contributed by atoms with E-state index in [4.69, 9.17) is 5.11 Å². The van der Waals surface area contributed by atoms with Crippen molar-refractivity contribution in [3.05, 3.63) is 29.3 Å². The normalized spacial score (nSPS) is 9.54. The van der Waals surface area contributed by atoms with Crippen LogP contribution in [-0.4, -0.2) is 16.1 Å². The van der Waals surface area contributed by atoms with Gasteiger partial charge in [0.25, 0.3) is 0 Å². The second-order valence-electron chi connectivity index (χ2n) is 2.34. The Hall–Kier alpha value is -1.13. The summed E-state index contributed by atoms with van der Waals surface area (Å²) < 4.78 is 0.912. The number of aromatic carboxylic acids is 1. The quantitative estimate of drug-likeness (QED) is 0.795. The van der Waals surface area contributed by atoms with Crippen LogP contribution in [0, 0.1) is 0 Å². The summed E-state index contributed by atoms with van der Waals surface area (Å²) in [6.07, 6.45) is 0. The molecule has 0 aliphatic carbocycles. The highest BCUT2D eigenvalue weighted by molar-refractivity contribution is 7.16. The SMILES string of the molecule is Cl.O=C(O)c1ccc2ncsc2c1. The third-order valence-electron chi connectivity index (χ3n) is 1.58. The van der Waals surface area contributed by atoms with E-state index in [2.05, 4.69) is 4.98 Å². The molecule has 0 aliphatic heterocycles. The van der Waals surface area contributed by atoms with Gasteiger partial charge in [0.05, 0.1) is 21.3 Å². The van der Waals surface area contributed by atoms with E-state index in [1.807, 2.05) is 0 Å². The van der Waals surface area contributed by atoms with Crippen molar-refractivity contribution in [1.29, 1.82) is 0 Å². The highest BCUT2D eigenvalue weighted by Gasteiger charge is 2.03. The fraction of sp³-hybridized carbons (Fsp3) is 0. The van der Waals surface area contributed by atoms with E-state index in [1.54, 1.807) is 23.7 Å². The van der Waals surface area contributed by atoms with Crippen molar-refractivity contribution in [1.82, 2.24) is 4.98 Å². The number of rotatable bonds is 1. The molecule has 0 saturated carbocycles. The zero-order valence-electron chi connectivity index (χ0n) is 6.43. The zero-order chi connectivity index (χ0) is 8.55. The number of nitrogens with zero attached hydrogens (tertiary/aromatic N) is 1. The van der Waals surface area contributed by atoms with Gasteiger partial charge in [-0.3, -0.25) is 0 Å². The largest absolute Gasteiger partial charge is 0.478 e. The Kier molecular flexibility index (Phi) is 2.85. The number of thiazole rings is 1. The molecule has 1 aromatic heterocycles. The highest BCUT2D eigenvalue weighted by atomic mass is 35.5. The summed E-state index contributed by atoms with van der Waals surface area (Å²) in [6.45, 7) is 0. The van der Waals surface area contributed by atoms with E-state index in [1.165, 1.54) is 11.3 Å². The molecule has 1 N–H and O–H groups in total. The number of aromatic nitrogens is 1. The van der Waals surface area contributed by atoms with Gasteiger partial charge < -0.3 is 5.11 Å². The lowest BCUT2D eigenvalue weighted by atomic mass is 10.2. The minimum atomic E-state index is -0.898. The van der Waals surface area contributed by atoms with Crippen LogP contribution in [0.15, 0.2) is 23.7 Å². The summed E-state index contributed by atoms with van der Waals surface area (Å²) in [5, 5.41) is 8.67. The molecule has 3 nitrogen and oxygen atoms in total. The molecule has 0 atom stereocenters. The van der Waals surface area contributed by atoms with Crippen LogP contribution in [-0.2, 0) is 0 Å². The lowest BCUT2D eigenvalue weighted by Gasteiger charge is -1.91. The first-order valence-electron chi connectivity index (χ1n) is 3.34. The maximum atomic E-state index is 10.6. The van der Waals surface area contributed by atoms with Crippen LogP contribution >= 0.6 is 23.7 Å². The molecule has 0 unspecified atom stereocenters. The second kappa shape index (κ2) is 3.72.